The number of nitrogens with zero attached hydrogens (tertiary/aromatic N) is 5. The minimum absolute atomic E-state index is 0.112. The second-order valence-electron chi connectivity index (χ2n) is 6.83. The van der Waals surface area contributed by atoms with E-state index < -0.39 is 10.8 Å². The second-order valence-corrected chi connectivity index (χ2v) is 6.83. The summed E-state index contributed by atoms with van der Waals surface area (Å²) >= 11 is 0. The number of carbonyl (C=O) groups excluding carboxylic acids is 1. The predicted octanol–water partition coefficient (Wildman–Crippen LogP) is 3.09. The fourth-order valence-corrected chi connectivity index (χ4v) is 3.41. The van der Waals surface area contributed by atoms with Gasteiger partial charge in [-0.3, -0.25) is 24.6 Å². The minimum atomic E-state index is -0.494. The van der Waals surface area contributed by atoms with Crippen LogP contribution in [0.1, 0.15) is 28.9 Å². The van der Waals surface area contributed by atoms with Crippen LogP contribution in [-0.2, 0) is 6.54 Å². The van der Waals surface area contributed by atoms with Crippen molar-refractivity contribution in [1.29, 1.82) is 0 Å². The molecule has 148 valence electrons. The number of nitrogens with one attached hydrogen (secondary N) is 1. The van der Waals surface area contributed by atoms with Gasteiger partial charge in [0.1, 0.15) is 0 Å². The summed E-state index contributed by atoms with van der Waals surface area (Å²) in [6.45, 7) is 2.14. The Morgan fingerprint density at radius 1 is 1.17 bits per heavy atom. The Morgan fingerprint density at radius 2 is 2.00 bits per heavy atom. The lowest BCUT2D eigenvalue weighted by atomic mass is 10.1. The molecule has 1 aliphatic rings. The van der Waals surface area contributed by atoms with Gasteiger partial charge in [0.15, 0.2) is 5.82 Å². The number of nitro groups is 1. The van der Waals surface area contributed by atoms with E-state index in [4.69, 9.17) is 0 Å². The van der Waals surface area contributed by atoms with Crippen LogP contribution in [-0.4, -0.2) is 38.7 Å². The van der Waals surface area contributed by atoms with Crippen LogP contribution in [0, 0.1) is 10.1 Å². The normalized spacial score (nSPS) is 13.4. The Balaban J connectivity index is 1.54. The van der Waals surface area contributed by atoms with Crippen molar-refractivity contribution < 1.29 is 9.72 Å². The van der Waals surface area contributed by atoms with Gasteiger partial charge in [0.05, 0.1) is 28.4 Å². The molecule has 0 aliphatic carbocycles. The van der Waals surface area contributed by atoms with Crippen LogP contribution in [0.25, 0.3) is 0 Å². The molecular weight excluding hydrogens is 372 g/mol. The largest absolute Gasteiger partial charge is 0.371 e. The summed E-state index contributed by atoms with van der Waals surface area (Å²) in [6, 6.07) is 11.7. The van der Waals surface area contributed by atoms with Crippen molar-refractivity contribution in [2.24, 2.45) is 0 Å². The maximum absolute atomic E-state index is 12.9. The molecule has 1 aromatic carbocycles. The Kier molecular flexibility index (Phi) is 5.19. The first-order valence-corrected chi connectivity index (χ1v) is 9.38. The molecule has 1 aliphatic heterocycles. The fraction of sp³-hybridized carbons (Fsp3) is 0.250. The van der Waals surface area contributed by atoms with Gasteiger partial charge in [0.2, 0.25) is 0 Å². The van der Waals surface area contributed by atoms with Gasteiger partial charge in [-0.25, -0.2) is 0 Å². The number of hydrogen-bond acceptors (Lipinski definition) is 6. The van der Waals surface area contributed by atoms with Gasteiger partial charge in [-0.1, -0.05) is 6.07 Å². The number of amides is 1. The summed E-state index contributed by atoms with van der Waals surface area (Å²) in [4.78, 5) is 29.9. The molecule has 1 fully saturated rings. The number of pyridine rings is 1. The number of non-ortho nitro benzene ring substituents is 1. The molecule has 3 aromatic rings. The number of anilines is 2. The predicted molar refractivity (Wildman–Crippen MR) is 108 cm³/mol. The molecule has 0 saturated carbocycles. The monoisotopic (exact) mass is 392 g/mol. The molecule has 0 radical (unpaired) electrons. The zero-order valence-corrected chi connectivity index (χ0v) is 15.7. The number of nitro benzene ring substituents is 1. The smallest absolute Gasteiger partial charge is 0.270 e. The van der Waals surface area contributed by atoms with Crippen LogP contribution < -0.4 is 10.2 Å². The maximum atomic E-state index is 12.9. The number of aromatic nitrogens is 3. The van der Waals surface area contributed by atoms with Crippen molar-refractivity contribution in [2.45, 2.75) is 19.4 Å². The van der Waals surface area contributed by atoms with E-state index in [1.54, 1.807) is 29.2 Å². The fourth-order valence-electron chi connectivity index (χ4n) is 3.41. The first-order chi connectivity index (χ1) is 14.1. The summed E-state index contributed by atoms with van der Waals surface area (Å²) in [5, 5.41) is 18.3. The number of benzene rings is 1. The van der Waals surface area contributed by atoms with Gasteiger partial charge in [-0.05, 0) is 31.0 Å². The zero-order valence-electron chi connectivity index (χ0n) is 15.7. The number of hydrogen-bond donors (Lipinski definition) is 1. The molecule has 9 nitrogen and oxygen atoms in total. The van der Waals surface area contributed by atoms with Crippen molar-refractivity contribution in [2.75, 3.05) is 23.3 Å². The standard InChI is InChI=1S/C20H20N6O3/c27-20(22-19-8-12-25(23-19)14-15-5-1-2-9-21-15)17-13-16(26(28)29)6-7-18(17)24-10-3-4-11-24/h1-2,5-9,12-13H,3-4,10-11,14H2,(H,22,23,27). The van der Waals surface area contributed by atoms with Gasteiger partial charge in [0.25, 0.3) is 11.6 Å². The van der Waals surface area contributed by atoms with E-state index in [0.717, 1.165) is 31.6 Å². The van der Waals surface area contributed by atoms with Gasteiger partial charge >= 0.3 is 0 Å². The van der Waals surface area contributed by atoms with E-state index in [0.29, 0.717) is 18.1 Å². The minimum Gasteiger partial charge on any atom is -0.371 e. The van der Waals surface area contributed by atoms with E-state index >= 15 is 0 Å². The SMILES string of the molecule is O=C(Nc1ccn(Cc2ccccn2)n1)c1cc([N+](=O)[O-])ccc1N1CCCC1. The van der Waals surface area contributed by atoms with Crippen LogP contribution in [0.2, 0.25) is 0 Å². The Morgan fingerprint density at radius 3 is 2.72 bits per heavy atom. The molecule has 0 unspecified atom stereocenters. The summed E-state index contributed by atoms with van der Waals surface area (Å²) < 4.78 is 1.67. The van der Waals surface area contributed by atoms with Crippen LogP contribution in [0.15, 0.2) is 54.9 Å². The van der Waals surface area contributed by atoms with E-state index in [1.165, 1.54) is 12.1 Å². The molecule has 4 rings (SSSR count). The van der Waals surface area contributed by atoms with Crippen molar-refractivity contribution in [3.05, 3.63) is 76.2 Å². The Labute approximate surface area is 167 Å². The second kappa shape index (κ2) is 8.09. The van der Waals surface area contributed by atoms with Gasteiger partial charge in [-0.2, -0.15) is 5.10 Å². The van der Waals surface area contributed by atoms with Crippen LogP contribution in [0.3, 0.4) is 0 Å². The highest BCUT2D eigenvalue weighted by atomic mass is 16.6. The summed E-state index contributed by atoms with van der Waals surface area (Å²) in [7, 11) is 0. The maximum Gasteiger partial charge on any atom is 0.270 e. The van der Waals surface area contributed by atoms with Crippen molar-refractivity contribution in [1.82, 2.24) is 14.8 Å². The molecule has 0 bridgehead atoms. The lowest BCUT2D eigenvalue weighted by Gasteiger charge is -2.20. The number of rotatable bonds is 6. The van der Waals surface area contributed by atoms with E-state index in [-0.39, 0.29) is 11.3 Å². The first-order valence-electron chi connectivity index (χ1n) is 9.38. The lowest BCUT2D eigenvalue weighted by Crippen LogP contribution is -2.23. The summed E-state index contributed by atoms with van der Waals surface area (Å²) in [5.74, 6) is -0.0384. The molecule has 9 heteroatoms. The molecule has 0 spiro atoms. The van der Waals surface area contributed by atoms with E-state index in [1.807, 2.05) is 18.2 Å². The quantitative estimate of drug-likeness (QED) is 0.510. The molecule has 1 N–H and O–H groups in total. The van der Waals surface area contributed by atoms with Gasteiger partial charge in [-0.15, -0.1) is 0 Å². The molecule has 29 heavy (non-hydrogen) atoms. The van der Waals surface area contributed by atoms with Crippen LogP contribution >= 0.6 is 0 Å². The van der Waals surface area contributed by atoms with E-state index in [2.05, 4.69) is 20.3 Å². The summed E-state index contributed by atoms with van der Waals surface area (Å²) in [6.07, 6.45) is 5.54. The highest BCUT2D eigenvalue weighted by Crippen LogP contribution is 2.29. The third kappa shape index (κ3) is 4.23. The van der Waals surface area contributed by atoms with E-state index in [9.17, 15) is 14.9 Å². The Hall–Kier alpha value is -3.75. The Bertz CT molecular complexity index is 1030. The topological polar surface area (TPSA) is 106 Å². The third-order valence-corrected chi connectivity index (χ3v) is 4.81. The summed E-state index contributed by atoms with van der Waals surface area (Å²) in [5.41, 5.74) is 1.72. The first kappa shape index (κ1) is 18.6. The average molecular weight is 392 g/mol. The zero-order chi connectivity index (χ0) is 20.2. The third-order valence-electron chi connectivity index (χ3n) is 4.81. The van der Waals surface area contributed by atoms with Crippen molar-refractivity contribution >= 4 is 23.1 Å². The molecular formula is C20H20N6O3. The van der Waals surface area contributed by atoms with Crippen LogP contribution in [0.4, 0.5) is 17.2 Å². The number of carbonyl (C=O) groups is 1. The highest BCUT2D eigenvalue weighted by molar-refractivity contribution is 6.08. The van der Waals surface area contributed by atoms with Gasteiger partial charge < -0.3 is 10.2 Å². The van der Waals surface area contributed by atoms with Gasteiger partial charge in [0, 0.05) is 43.7 Å². The molecule has 2 aromatic heterocycles. The van der Waals surface area contributed by atoms with Crippen molar-refractivity contribution in [3.8, 4) is 0 Å². The highest BCUT2D eigenvalue weighted by Gasteiger charge is 2.23. The molecule has 3 heterocycles. The lowest BCUT2D eigenvalue weighted by molar-refractivity contribution is -0.384. The molecule has 1 amide bonds. The van der Waals surface area contributed by atoms with Crippen molar-refractivity contribution in [3.63, 3.8) is 0 Å². The van der Waals surface area contributed by atoms with Crippen LogP contribution in [0.5, 0.6) is 0 Å². The molecule has 1 saturated heterocycles. The average Bonchev–Trinajstić information content (AvgIpc) is 3.40. The molecule has 0 atom stereocenters.